The molecule has 1 aromatic heterocycles. The minimum atomic E-state index is -0.318. The molecule has 0 aliphatic heterocycles. The third-order valence-corrected chi connectivity index (χ3v) is 3.83. The number of carbonyl (C=O) groups is 1. The van der Waals surface area contributed by atoms with Crippen molar-refractivity contribution in [3.63, 3.8) is 0 Å². The zero-order valence-electron chi connectivity index (χ0n) is 12.3. The van der Waals surface area contributed by atoms with E-state index in [-0.39, 0.29) is 23.2 Å². The summed E-state index contributed by atoms with van der Waals surface area (Å²) in [7, 11) is 0. The molecule has 7 nitrogen and oxygen atoms in total. The first kappa shape index (κ1) is 15.9. The summed E-state index contributed by atoms with van der Waals surface area (Å²) < 4.78 is 5.50. The van der Waals surface area contributed by atoms with Crippen molar-refractivity contribution in [3.8, 4) is 11.5 Å². The topological polar surface area (TPSA) is 108 Å². The van der Waals surface area contributed by atoms with E-state index in [1.165, 1.54) is 30.1 Å². The molecule has 0 atom stereocenters. The summed E-state index contributed by atoms with van der Waals surface area (Å²) in [5.41, 5.74) is 4.32. The van der Waals surface area contributed by atoms with Crippen LogP contribution in [0.2, 0.25) is 0 Å². The number of phenolic OH excluding ortho intramolecular Hbond substituents is 2. The van der Waals surface area contributed by atoms with Gasteiger partial charge in [0.2, 0.25) is 0 Å². The zero-order valence-corrected chi connectivity index (χ0v) is 13.2. The molecule has 1 amide bonds. The van der Waals surface area contributed by atoms with Crippen LogP contribution in [0.3, 0.4) is 0 Å². The summed E-state index contributed by atoms with van der Waals surface area (Å²) >= 11 is 1.17. The van der Waals surface area contributed by atoms with Crippen molar-refractivity contribution in [3.05, 3.63) is 48.0 Å². The van der Waals surface area contributed by atoms with E-state index in [9.17, 15) is 15.0 Å². The fourth-order valence-electron chi connectivity index (χ4n) is 1.87. The second kappa shape index (κ2) is 7.05. The van der Waals surface area contributed by atoms with E-state index < -0.39 is 0 Å². The van der Waals surface area contributed by atoms with Crippen LogP contribution in [0.25, 0.3) is 11.1 Å². The first-order valence-corrected chi connectivity index (χ1v) is 7.92. The number of amides is 1. The van der Waals surface area contributed by atoms with Gasteiger partial charge in [-0.3, -0.25) is 4.79 Å². The Morgan fingerprint density at radius 3 is 2.88 bits per heavy atom. The zero-order chi connectivity index (χ0) is 16.9. The number of thioether (sulfide) groups is 1. The maximum Gasteiger partial charge on any atom is 0.257 e. The highest BCUT2D eigenvalue weighted by Crippen LogP contribution is 2.24. The Balaban J connectivity index is 1.51. The van der Waals surface area contributed by atoms with E-state index in [0.29, 0.717) is 16.4 Å². The van der Waals surface area contributed by atoms with Gasteiger partial charge < -0.3 is 14.6 Å². The molecular formula is C16H13N3O4S. The van der Waals surface area contributed by atoms with Crippen molar-refractivity contribution in [2.75, 3.05) is 5.75 Å². The monoisotopic (exact) mass is 343 g/mol. The van der Waals surface area contributed by atoms with Crippen LogP contribution in [-0.4, -0.2) is 33.1 Å². The number of aromatic hydroxyl groups is 2. The van der Waals surface area contributed by atoms with Crippen molar-refractivity contribution in [2.24, 2.45) is 5.10 Å². The summed E-state index contributed by atoms with van der Waals surface area (Å²) in [5, 5.41) is 22.8. The minimum Gasteiger partial charge on any atom is -0.504 e. The molecule has 0 saturated carbocycles. The highest BCUT2D eigenvalue weighted by molar-refractivity contribution is 7.99. The molecule has 0 unspecified atom stereocenters. The SMILES string of the molecule is O=C(CSc1nc2ccccc2o1)N/N=C/c1ccc(O)c(O)c1. The maximum absolute atomic E-state index is 11.7. The summed E-state index contributed by atoms with van der Waals surface area (Å²) in [6, 6.07) is 11.6. The Morgan fingerprint density at radius 2 is 2.08 bits per heavy atom. The van der Waals surface area contributed by atoms with Crippen molar-refractivity contribution in [1.29, 1.82) is 0 Å². The summed E-state index contributed by atoms with van der Waals surface area (Å²) in [5.74, 6) is -0.686. The number of aromatic nitrogens is 1. The first-order chi connectivity index (χ1) is 11.6. The highest BCUT2D eigenvalue weighted by Gasteiger charge is 2.08. The molecule has 1 heterocycles. The number of rotatable bonds is 5. The second-order valence-corrected chi connectivity index (χ2v) is 5.70. The van der Waals surface area contributed by atoms with Gasteiger partial charge >= 0.3 is 0 Å². The summed E-state index contributed by atoms with van der Waals surface area (Å²) in [4.78, 5) is 16.0. The summed E-state index contributed by atoms with van der Waals surface area (Å²) in [6.45, 7) is 0. The molecule has 0 fully saturated rings. The molecule has 3 rings (SSSR count). The Bertz CT molecular complexity index is 874. The molecule has 0 radical (unpaired) electrons. The van der Waals surface area contributed by atoms with Crippen molar-refractivity contribution >= 4 is 35.0 Å². The molecule has 2 aromatic carbocycles. The fraction of sp³-hybridized carbons (Fsp3) is 0.0625. The Hall–Kier alpha value is -3.00. The number of fused-ring (bicyclic) bond motifs is 1. The van der Waals surface area contributed by atoms with E-state index in [1.54, 1.807) is 6.07 Å². The van der Waals surface area contributed by atoms with Crippen LogP contribution in [-0.2, 0) is 4.79 Å². The normalized spacial score (nSPS) is 11.2. The molecule has 122 valence electrons. The molecular weight excluding hydrogens is 330 g/mol. The average Bonchev–Trinajstić information content (AvgIpc) is 2.99. The third-order valence-electron chi connectivity index (χ3n) is 3.00. The molecule has 24 heavy (non-hydrogen) atoms. The van der Waals surface area contributed by atoms with Crippen molar-refractivity contribution in [1.82, 2.24) is 10.4 Å². The Labute approximate surface area is 141 Å². The third kappa shape index (κ3) is 3.85. The van der Waals surface area contributed by atoms with E-state index in [4.69, 9.17) is 4.42 Å². The van der Waals surface area contributed by atoms with Gasteiger partial charge in [-0.15, -0.1) is 0 Å². The van der Waals surface area contributed by atoms with E-state index in [2.05, 4.69) is 15.5 Å². The predicted molar refractivity (Wildman–Crippen MR) is 90.2 cm³/mol. The molecule has 0 spiro atoms. The molecule has 0 aliphatic rings. The first-order valence-electron chi connectivity index (χ1n) is 6.94. The molecule has 3 N–H and O–H groups in total. The van der Waals surface area contributed by atoms with Gasteiger partial charge in [-0.05, 0) is 35.9 Å². The quantitative estimate of drug-likeness (QED) is 0.284. The standard InChI is InChI=1S/C16H13N3O4S/c20-12-6-5-10(7-13(12)21)8-17-19-15(22)9-24-16-18-11-3-1-2-4-14(11)23-16/h1-8,20-21H,9H2,(H,19,22)/b17-8+. The van der Waals surface area contributed by atoms with Crippen LogP contribution in [0.5, 0.6) is 11.5 Å². The van der Waals surface area contributed by atoms with Gasteiger partial charge in [0.15, 0.2) is 17.1 Å². The number of oxazole rings is 1. The van der Waals surface area contributed by atoms with Gasteiger partial charge in [-0.2, -0.15) is 5.10 Å². The number of nitrogens with one attached hydrogen (secondary N) is 1. The van der Waals surface area contributed by atoms with Crippen LogP contribution in [0.4, 0.5) is 0 Å². The number of para-hydroxylation sites is 2. The lowest BCUT2D eigenvalue weighted by molar-refractivity contribution is -0.118. The van der Waals surface area contributed by atoms with Crippen LogP contribution < -0.4 is 5.43 Å². The van der Waals surface area contributed by atoms with Crippen LogP contribution in [0.1, 0.15) is 5.56 Å². The maximum atomic E-state index is 11.7. The van der Waals surface area contributed by atoms with E-state index in [0.717, 1.165) is 5.52 Å². The number of phenols is 2. The summed E-state index contributed by atoms with van der Waals surface area (Å²) in [6.07, 6.45) is 1.36. The fourth-order valence-corrected chi connectivity index (χ4v) is 2.50. The predicted octanol–water partition coefficient (Wildman–Crippen LogP) is 2.48. The number of nitrogens with zero attached hydrogens (tertiary/aromatic N) is 2. The molecule has 0 aliphatic carbocycles. The highest BCUT2D eigenvalue weighted by atomic mass is 32.2. The molecule has 0 bridgehead atoms. The minimum absolute atomic E-state index is 0.102. The smallest absolute Gasteiger partial charge is 0.257 e. The lowest BCUT2D eigenvalue weighted by Crippen LogP contribution is -2.19. The Morgan fingerprint density at radius 1 is 1.25 bits per heavy atom. The number of carbonyl (C=O) groups excluding carboxylic acids is 1. The molecule has 0 saturated heterocycles. The molecule has 8 heteroatoms. The Kier molecular flexibility index (Phi) is 4.66. The van der Waals surface area contributed by atoms with Gasteiger partial charge in [-0.25, -0.2) is 10.4 Å². The van der Waals surface area contributed by atoms with Gasteiger partial charge in [0.1, 0.15) is 5.52 Å². The number of hydrogen-bond acceptors (Lipinski definition) is 7. The van der Waals surface area contributed by atoms with Crippen molar-refractivity contribution in [2.45, 2.75) is 5.22 Å². The van der Waals surface area contributed by atoms with Crippen LogP contribution in [0, 0.1) is 0 Å². The van der Waals surface area contributed by atoms with Gasteiger partial charge in [0.25, 0.3) is 11.1 Å². The number of hydrogen-bond donors (Lipinski definition) is 3. The second-order valence-electron chi connectivity index (χ2n) is 4.78. The largest absolute Gasteiger partial charge is 0.504 e. The van der Waals surface area contributed by atoms with Crippen LogP contribution in [0.15, 0.2) is 57.2 Å². The van der Waals surface area contributed by atoms with Crippen molar-refractivity contribution < 1.29 is 19.4 Å². The number of benzene rings is 2. The lowest BCUT2D eigenvalue weighted by Gasteiger charge is -1.99. The van der Waals surface area contributed by atoms with E-state index in [1.807, 2.05) is 24.3 Å². The van der Waals surface area contributed by atoms with Gasteiger partial charge in [-0.1, -0.05) is 23.9 Å². The van der Waals surface area contributed by atoms with Crippen LogP contribution >= 0.6 is 11.8 Å². The average molecular weight is 343 g/mol. The van der Waals surface area contributed by atoms with Gasteiger partial charge in [0.05, 0.1) is 12.0 Å². The number of hydrazone groups is 1. The molecule has 3 aromatic rings. The van der Waals surface area contributed by atoms with E-state index >= 15 is 0 Å². The van der Waals surface area contributed by atoms with Gasteiger partial charge in [0, 0.05) is 0 Å². The lowest BCUT2D eigenvalue weighted by atomic mass is 10.2.